The van der Waals surface area contributed by atoms with Crippen molar-refractivity contribution in [3.8, 4) is 5.75 Å². The summed E-state index contributed by atoms with van der Waals surface area (Å²) < 4.78 is 5.29. The Labute approximate surface area is 124 Å². The maximum atomic E-state index is 12.3. The molecule has 0 unspecified atom stereocenters. The lowest BCUT2D eigenvalue weighted by atomic mass is 9.94. The smallest absolute Gasteiger partial charge is 0.307 e. The quantitative estimate of drug-likeness (QED) is 0.873. The van der Waals surface area contributed by atoms with Crippen molar-refractivity contribution < 1.29 is 19.4 Å². The van der Waals surface area contributed by atoms with Crippen molar-refractivity contribution in [3.63, 3.8) is 0 Å². The number of hydrogen-bond donors (Lipinski definition) is 2. The highest BCUT2D eigenvalue weighted by Gasteiger charge is 2.38. The van der Waals surface area contributed by atoms with Gasteiger partial charge in [0.1, 0.15) is 5.75 Å². The molecule has 1 saturated carbocycles. The van der Waals surface area contributed by atoms with Gasteiger partial charge in [0.15, 0.2) is 0 Å². The fraction of sp³-hybridized carbons (Fsp3) is 0.500. The summed E-state index contributed by atoms with van der Waals surface area (Å²) in [6.45, 7) is 1.88. The Kier molecular flexibility index (Phi) is 4.83. The Balaban J connectivity index is 2.07. The van der Waals surface area contributed by atoms with E-state index < -0.39 is 17.8 Å². The largest absolute Gasteiger partial charge is 0.496 e. The van der Waals surface area contributed by atoms with Crippen molar-refractivity contribution >= 4 is 11.9 Å². The number of carbonyl (C=O) groups is 2. The average Bonchev–Trinajstić information content (AvgIpc) is 2.96. The van der Waals surface area contributed by atoms with Crippen LogP contribution in [0.1, 0.15) is 37.8 Å². The van der Waals surface area contributed by atoms with Gasteiger partial charge in [0, 0.05) is 5.56 Å². The number of aliphatic carboxylic acids is 1. The third-order valence-electron chi connectivity index (χ3n) is 4.13. The first-order valence-electron chi connectivity index (χ1n) is 7.20. The molecule has 0 heterocycles. The molecule has 1 aliphatic carbocycles. The van der Waals surface area contributed by atoms with Crippen LogP contribution in [0.5, 0.6) is 5.75 Å². The molecule has 2 rings (SSSR count). The minimum atomic E-state index is -0.877. The molecule has 21 heavy (non-hydrogen) atoms. The first-order valence-corrected chi connectivity index (χ1v) is 7.20. The molecule has 1 fully saturated rings. The van der Waals surface area contributed by atoms with Crippen molar-refractivity contribution in [2.75, 3.05) is 7.11 Å². The summed E-state index contributed by atoms with van der Waals surface area (Å²) in [5, 5.41) is 12.1. The van der Waals surface area contributed by atoms with E-state index in [1.807, 2.05) is 31.2 Å². The fourth-order valence-corrected chi connectivity index (χ4v) is 2.99. The van der Waals surface area contributed by atoms with Gasteiger partial charge in [0.2, 0.25) is 5.91 Å². The van der Waals surface area contributed by atoms with Gasteiger partial charge >= 0.3 is 5.97 Å². The summed E-state index contributed by atoms with van der Waals surface area (Å²) in [6.07, 6.45) is 2.01. The second-order valence-electron chi connectivity index (χ2n) is 5.45. The van der Waals surface area contributed by atoms with Crippen LogP contribution in [0.2, 0.25) is 0 Å². The van der Waals surface area contributed by atoms with Crippen molar-refractivity contribution in [2.24, 2.45) is 11.8 Å². The molecule has 114 valence electrons. The Morgan fingerprint density at radius 2 is 1.95 bits per heavy atom. The summed E-state index contributed by atoms with van der Waals surface area (Å²) in [4.78, 5) is 23.5. The predicted molar refractivity (Wildman–Crippen MR) is 78.0 cm³/mol. The van der Waals surface area contributed by atoms with Crippen LogP contribution >= 0.6 is 0 Å². The Morgan fingerprint density at radius 3 is 2.62 bits per heavy atom. The number of carbonyl (C=O) groups excluding carboxylic acids is 1. The monoisotopic (exact) mass is 291 g/mol. The summed E-state index contributed by atoms with van der Waals surface area (Å²) in [6, 6.07) is 7.27. The molecule has 1 amide bonds. The molecular weight excluding hydrogens is 270 g/mol. The van der Waals surface area contributed by atoms with Gasteiger partial charge in [-0.2, -0.15) is 0 Å². The number of carboxylic acid groups (broad SMARTS) is 1. The van der Waals surface area contributed by atoms with Crippen LogP contribution < -0.4 is 10.1 Å². The molecule has 1 aliphatic rings. The number of rotatable bonds is 5. The summed E-state index contributed by atoms with van der Waals surface area (Å²) in [7, 11) is 1.59. The molecule has 0 aliphatic heterocycles. The van der Waals surface area contributed by atoms with Gasteiger partial charge in [-0.05, 0) is 25.8 Å². The van der Waals surface area contributed by atoms with E-state index in [9.17, 15) is 9.59 Å². The number of benzene rings is 1. The van der Waals surface area contributed by atoms with Crippen LogP contribution in [0.3, 0.4) is 0 Å². The van der Waals surface area contributed by atoms with Crippen LogP contribution in [0.15, 0.2) is 24.3 Å². The number of hydrogen-bond acceptors (Lipinski definition) is 3. The highest BCUT2D eigenvalue weighted by atomic mass is 16.5. The number of methoxy groups -OCH3 is 1. The van der Waals surface area contributed by atoms with Crippen LogP contribution in [0.4, 0.5) is 0 Å². The van der Waals surface area contributed by atoms with Gasteiger partial charge in [0.25, 0.3) is 0 Å². The summed E-state index contributed by atoms with van der Waals surface area (Å²) >= 11 is 0. The Morgan fingerprint density at radius 1 is 1.29 bits per heavy atom. The minimum Gasteiger partial charge on any atom is -0.496 e. The lowest BCUT2D eigenvalue weighted by Gasteiger charge is -2.21. The minimum absolute atomic E-state index is 0.182. The van der Waals surface area contributed by atoms with E-state index in [4.69, 9.17) is 9.84 Å². The van der Waals surface area contributed by atoms with Crippen molar-refractivity contribution in [1.82, 2.24) is 5.32 Å². The van der Waals surface area contributed by atoms with Crippen molar-refractivity contribution in [1.29, 1.82) is 0 Å². The first-order chi connectivity index (χ1) is 10.0. The van der Waals surface area contributed by atoms with E-state index in [0.717, 1.165) is 12.0 Å². The molecule has 1 aromatic carbocycles. The lowest BCUT2D eigenvalue weighted by molar-refractivity contribution is -0.146. The van der Waals surface area contributed by atoms with Gasteiger partial charge in [-0.15, -0.1) is 0 Å². The molecule has 3 atom stereocenters. The first kappa shape index (κ1) is 15.4. The zero-order valence-corrected chi connectivity index (χ0v) is 12.3. The summed E-state index contributed by atoms with van der Waals surface area (Å²) in [5.41, 5.74) is 0.887. The highest BCUT2D eigenvalue weighted by Crippen LogP contribution is 2.33. The third kappa shape index (κ3) is 3.35. The molecular formula is C16H21NO4. The number of para-hydroxylation sites is 1. The maximum absolute atomic E-state index is 12.3. The average molecular weight is 291 g/mol. The van der Waals surface area contributed by atoms with E-state index in [1.165, 1.54) is 0 Å². The second-order valence-corrected chi connectivity index (χ2v) is 5.45. The van der Waals surface area contributed by atoms with Crippen molar-refractivity contribution in [2.45, 2.75) is 32.2 Å². The van der Waals surface area contributed by atoms with Gasteiger partial charge in [-0.25, -0.2) is 0 Å². The van der Waals surface area contributed by atoms with Crippen LogP contribution in [0.25, 0.3) is 0 Å². The normalized spacial score (nSPS) is 22.6. The maximum Gasteiger partial charge on any atom is 0.307 e. The van der Waals surface area contributed by atoms with Gasteiger partial charge < -0.3 is 15.2 Å². The number of amides is 1. The Bertz CT molecular complexity index is 529. The fourth-order valence-electron chi connectivity index (χ4n) is 2.99. The zero-order chi connectivity index (χ0) is 15.4. The van der Waals surface area contributed by atoms with E-state index >= 15 is 0 Å². The van der Waals surface area contributed by atoms with Crippen LogP contribution in [-0.4, -0.2) is 24.1 Å². The molecule has 5 heteroatoms. The predicted octanol–water partition coefficient (Wildman–Crippen LogP) is 2.37. The third-order valence-corrected chi connectivity index (χ3v) is 4.13. The van der Waals surface area contributed by atoms with Gasteiger partial charge in [-0.1, -0.05) is 24.6 Å². The van der Waals surface area contributed by atoms with Crippen LogP contribution in [-0.2, 0) is 9.59 Å². The molecule has 0 radical (unpaired) electrons. The number of nitrogens with one attached hydrogen (secondary N) is 1. The summed E-state index contributed by atoms with van der Waals surface area (Å²) in [5.74, 6) is -1.34. The highest BCUT2D eigenvalue weighted by molar-refractivity contribution is 5.85. The molecule has 0 aromatic heterocycles. The van der Waals surface area contributed by atoms with E-state index in [-0.39, 0.29) is 11.9 Å². The van der Waals surface area contributed by atoms with E-state index in [0.29, 0.717) is 18.6 Å². The topological polar surface area (TPSA) is 75.6 Å². The van der Waals surface area contributed by atoms with Gasteiger partial charge in [0.05, 0.1) is 25.0 Å². The molecule has 5 nitrogen and oxygen atoms in total. The van der Waals surface area contributed by atoms with Crippen molar-refractivity contribution in [3.05, 3.63) is 29.8 Å². The van der Waals surface area contributed by atoms with Crippen LogP contribution in [0, 0.1) is 11.8 Å². The Hall–Kier alpha value is -2.04. The van der Waals surface area contributed by atoms with Gasteiger partial charge in [-0.3, -0.25) is 9.59 Å². The van der Waals surface area contributed by atoms with E-state index in [1.54, 1.807) is 7.11 Å². The zero-order valence-electron chi connectivity index (χ0n) is 12.3. The molecule has 2 N–H and O–H groups in total. The SMILES string of the molecule is COc1ccccc1[C@@H](C)NC(=O)[C@@H]1CCC[C@@H]1C(=O)O. The standard InChI is InChI=1S/C16H21NO4/c1-10(11-6-3-4-9-14(11)21-2)17-15(18)12-7-5-8-13(12)16(19)20/h3-4,6,9-10,12-13H,5,7-8H2,1-2H3,(H,17,18)(H,19,20)/t10-,12-,13+/m1/s1. The lowest BCUT2D eigenvalue weighted by Crippen LogP contribution is -2.36. The number of ether oxygens (including phenoxy) is 1. The molecule has 0 saturated heterocycles. The second kappa shape index (κ2) is 6.61. The molecule has 0 bridgehead atoms. The van der Waals surface area contributed by atoms with E-state index in [2.05, 4.69) is 5.32 Å². The molecule has 1 aromatic rings. The molecule has 0 spiro atoms. The number of carboxylic acids is 1.